The summed E-state index contributed by atoms with van der Waals surface area (Å²) in [6.07, 6.45) is 9.94. The third-order valence-corrected chi connectivity index (χ3v) is 6.89. The molecule has 0 atom stereocenters. The molecule has 166 valence electrons. The fourth-order valence-electron chi connectivity index (χ4n) is 4.98. The highest BCUT2D eigenvalue weighted by Crippen LogP contribution is 2.23. The highest BCUT2D eigenvalue weighted by Gasteiger charge is 2.25. The molecule has 0 spiro atoms. The lowest BCUT2D eigenvalue weighted by Gasteiger charge is -2.32. The molecule has 2 aliphatic rings. The van der Waals surface area contributed by atoms with Gasteiger partial charge in [-0.25, -0.2) is 0 Å². The normalized spacial score (nSPS) is 17.7. The van der Waals surface area contributed by atoms with Gasteiger partial charge in [-0.3, -0.25) is 9.59 Å². The van der Waals surface area contributed by atoms with Gasteiger partial charge in [0.2, 0.25) is 5.91 Å². The number of carbonyl (C=O) groups excluding carboxylic acids is 2. The Bertz CT molecular complexity index is 875. The number of rotatable bonds is 6. The van der Waals surface area contributed by atoms with Crippen molar-refractivity contribution >= 4 is 11.8 Å². The van der Waals surface area contributed by atoms with Crippen LogP contribution in [-0.4, -0.2) is 52.4 Å². The fraction of sp³-hybridized carbons (Fsp3) is 0.538. The number of hydrogen-bond donors (Lipinski definition) is 0. The summed E-state index contributed by atoms with van der Waals surface area (Å²) >= 11 is 0. The van der Waals surface area contributed by atoms with Gasteiger partial charge < -0.3 is 14.4 Å². The van der Waals surface area contributed by atoms with Crippen LogP contribution in [-0.2, 0) is 24.7 Å². The predicted octanol–water partition coefficient (Wildman–Crippen LogP) is 4.07. The molecular weight excluding hydrogens is 386 g/mol. The van der Waals surface area contributed by atoms with Crippen LogP contribution in [0.3, 0.4) is 0 Å². The Hall–Kier alpha value is -2.56. The van der Waals surface area contributed by atoms with Gasteiger partial charge in [0.25, 0.3) is 5.91 Å². The molecule has 5 heteroatoms. The highest BCUT2D eigenvalue weighted by atomic mass is 16.2. The van der Waals surface area contributed by atoms with E-state index in [1.807, 2.05) is 33.7 Å². The molecular formula is C26H35N3O2. The van der Waals surface area contributed by atoms with Gasteiger partial charge in [0, 0.05) is 45.8 Å². The number of piperidine rings is 2. The summed E-state index contributed by atoms with van der Waals surface area (Å²) in [5.74, 6) is 1.02. The maximum Gasteiger partial charge on any atom is 0.270 e. The summed E-state index contributed by atoms with van der Waals surface area (Å²) < 4.78 is 1.93. The minimum atomic E-state index is 0.120. The molecule has 0 saturated carbocycles. The van der Waals surface area contributed by atoms with Gasteiger partial charge in [0.05, 0.1) is 0 Å². The van der Waals surface area contributed by atoms with Gasteiger partial charge >= 0.3 is 0 Å². The Balaban J connectivity index is 1.28. The molecule has 0 unspecified atom stereocenters. The number of aryl methyl sites for hydroxylation is 2. The molecule has 3 heterocycles. The minimum Gasteiger partial charge on any atom is -0.346 e. The number of nitrogens with zero attached hydrogens (tertiary/aromatic N) is 3. The van der Waals surface area contributed by atoms with Crippen molar-refractivity contribution in [2.24, 2.45) is 13.0 Å². The summed E-state index contributed by atoms with van der Waals surface area (Å²) in [6.45, 7) is 3.45. The van der Waals surface area contributed by atoms with E-state index in [1.165, 1.54) is 12.0 Å². The van der Waals surface area contributed by atoms with E-state index < -0.39 is 0 Å². The zero-order valence-electron chi connectivity index (χ0n) is 18.8. The maximum atomic E-state index is 13.1. The molecule has 2 amide bonds. The molecule has 0 N–H and O–H groups in total. The molecule has 2 aromatic rings. The Morgan fingerprint density at radius 2 is 1.61 bits per heavy atom. The molecule has 0 bridgehead atoms. The van der Waals surface area contributed by atoms with E-state index >= 15 is 0 Å². The zero-order chi connectivity index (χ0) is 21.6. The third-order valence-electron chi connectivity index (χ3n) is 6.89. The number of likely N-dealkylation sites (tertiary alicyclic amines) is 2. The monoisotopic (exact) mass is 421 g/mol. The van der Waals surface area contributed by atoms with Crippen LogP contribution in [0.1, 0.15) is 60.1 Å². The molecule has 2 aliphatic heterocycles. The first-order valence-corrected chi connectivity index (χ1v) is 11.9. The molecule has 1 aromatic carbocycles. The van der Waals surface area contributed by atoms with Crippen LogP contribution in [0.25, 0.3) is 0 Å². The van der Waals surface area contributed by atoms with E-state index in [0.29, 0.717) is 18.8 Å². The second-order valence-electron chi connectivity index (χ2n) is 9.21. The van der Waals surface area contributed by atoms with Crippen molar-refractivity contribution in [3.8, 4) is 0 Å². The van der Waals surface area contributed by atoms with Crippen LogP contribution >= 0.6 is 0 Å². The Morgan fingerprint density at radius 3 is 2.32 bits per heavy atom. The molecule has 0 aliphatic carbocycles. The molecule has 31 heavy (non-hydrogen) atoms. The van der Waals surface area contributed by atoms with Gasteiger partial charge in [-0.2, -0.15) is 0 Å². The topological polar surface area (TPSA) is 45.6 Å². The Kier molecular flexibility index (Phi) is 7.10. The number of benzene rings is 1. The van der Waals surface area contributed by atoms with Crippen LogP contribution in [0, 0.1) is 5.92 Å². The number of amides is 2. The Labute approximate surface area is 186 Å². The zero-order valence-corrected chi connectivity index (χ0v) is 18.8. The predicted molar refractivity (Wildman–Crippen MR) is 123 cm³/mol. The van der Waals surface area contributed by atoms with E-state index in [2.05, 4.69) is 30.3 Å². The largest absolute Gasteiger partial charge is 0.346 e. The van der Waals surface area contributed by atoms with E-state index in [1.54, 1.807) is 0 Å². The highest BCUT2D eigenvalue weighted by molar-refractivity contribution is 5.93. The van der Waals surface area contributed by atoms with E-state index in [4.69, 9.17) is 0 Å². The van der Waals surface area contributed by atoms with E-state index in [-0.39, 0.29) is 11.8 Å². The van der Waals surface area contributed by atoms with Crippen molar-refractivity contribution in [3.05, 3.63) is 59.4 Å². The average molecular weight is 422 g/mol. The third kappa shape index (κ3) is 5.57. The number of aromatic nitrogens is 1. The molecule has 4 rings (SSSR count). The lowest BCUT2D eigenvalue weighted by Crippen LogP contribution is -2.39. The van der Waals surface area contributed by atoms with Crippen molar-refractivity contribution in [2.45, 2.75) is 51.4 Å². The summed E-state index contributed by atoms with van der Waals surface area (Å²) in [4.78, 5) is 29.6. The second-order valence-corrected chi connectivity index (χ2v) is 9.21. The van der Waals surface area contributed by atoms with Crippen molar-refractivity contribution in [2.75, 3.05) is 26.2 Å². The van der Waals surface area contributed by atoms with Gasteiger partial charge in [-0.15, -0.1) is 0 Å². The van der Waals surface area contributed by atoms with Crippen LogP contribution in [0.5, 0.6) is 0 Å². The van der Waals surface area contributed by atoms with Crippen LogP contribution < -0.4 is 0 Å². The number of carbonyl (C=O) groups is 2. The summed E-state index contributed by atoms with van der Waals surface area (Å²) in [5, 5.41) is 0. The first-order chi connectivity index (χ1) is 15.1. The van der Waals surface area contributed by atoms with Gasteiger partial charge in [0.15, 0.2) is 0 Å². The summed E-state index contributed by atoms with van der Waals surface area (Å²) in [5.41, 5.74) is 3.20. The lowest BCUT2D eigenvalue weighted by atomic mass is 9.90. The van der Waals surface area contributed by atoms with Gasteiger partial charge in [-0.05, 0) is 68.1 Å². The first-order valence-electron chi connectivity index (χ1n) is 11.9. The van der Waals surface area contributed by atoms with Gasteiger partial charge in [-0.1, -0.05) is 30.3 Å². The second kappa shape index (κ2) is 10.2. The van der Waals surface area contributed by atoms with Crippen molar-refractivity contribution in [1.29, 1.82) is 0 Å². The molecule has 2 saturated heterocycles. The SMILES string of the molecule is Cn1cc(CCC(=O)N2CCCCC2)cc1C(=O)N1CCC(Cc2ccccc2)CC1. The van der Waals surface area contributed by atoms with Crippen LogP contribution in [0.4, 0.5) is 0 Å². The van der Waals surface area contributed by atoms with Crippen molar-refractivity contribution < 1.29 is 9.59 Å². The molecule has 0 radical (unpaired) electrons. The minimum absolute atomic E-state index is 0.120. The first kappa shape index (κ1) is 21.7. The van der Waals surface area contributed by atoms with Crippen LogP contribution in [0.2, 0.25) is 0 Å². The maximum absolute atomic E-state index is 13.1. The molecule has 2 fully saturated rings. The molecule has 5 nitrogen and oxygen atoms in total. The standard InChI is InChI=1S/C26H35N3O2/c1-27-20-23(10-11-25(30)28-14-6-3-7-15-28)19-24(27)26(31)29-16-12-22(13-17-29)18-21-8-4-2-5-9-21/h2,4-5,8-9,19-20,22H,3,6-7,10-18H2,1H3. The summed E-state index contributed by atoms with van der Waals surface area (Å²) in [7, 11) is 1.94. The van der Waals surface area contributed by atoms with Gasteiger partial charge in [0.1, 0.15) is 5.69 Å². The van der Waals surface area contributed by atoms with E-state index in [0.717, 1.165) is 69.5 Å². The quantitative estimate of drug-likeness (QED) is 0.706. The smallest absolute Gasteiger partial charge is 0.270 e. The fourth-order valence-corrected chi connectivity index (χ4v) is 4.98. The van der Waals surface area contributed by atoms with Crippen molar-refractivity contribution in [1.82, 2.24) is 14.4 Å². The van der Waals surface area contributed by atoms with E-state index in [9.17, 15) is 9.59 Å². The average Bonchev–Trinajstić information content (AvgIpc) is 3.19. The Morgan fingerprint density at radius 1 is 0.903 bits per heavy atom. The number of hydrogen-bond acceptors (Lipinski definition) is 2. The molecule has 1 aromatic heterocycles. The van der Waals surface area contributed by atoms with Crippen molar-refractivity contribution in [3.63, 3.8) is 0 Å². The van der Waals surface area contributed by atoms with Crippen LogP contribution in [0.15, 0.2) is 42.6 Å². The summed E-state index contributed by atoms with van der Waals surface area (Å²) in [6, 6.07) is 12.6. The lowest BCUT2D eigenvalue weighted by molar-refractivity contribution is -0.132.